The fourth-order valence-electron chi connectivity index (χ4n) is 2.82. The lowest BCUT2D eigenvalue weighted by Crippen LogP contribution is -2.08. The second kappa shape index (κ2) is 4.87. The third kappa shape index (κ3) is 2.18. The molecule has 4 nitrogen and oxygen atoms in total. The number of hydrogen-bond acceptors (Lipinski definition) is 3. The molecule has 3 aromatic rings. The van der Waals surface area contributed by atoms with E-state index < -0.39 is 17.4 Å². The van der Waals surface area contributed by atoms with E-state index in [1.165, 1.54) is 28.7 Å². The van der Waals surface area contributed by atoms with Crippen LogP contribution in [0.5, 0.6) is 5.75 Å². The molecule has 0 radical (unpaired) electrons. The van der Waals surface area contributed by atoms with Crippen LogP contribution in [0.2, 0.25) is 0 Å². The molecule has 0 spiro atoms. The Labute approximate surface area is 130 Å². The third-order valence-electron chi connectivity index (χ3n) is 4.05. The number of rotatable bonds is 3. The van der Waals surface area contributed by atoms with Gasteiger partial charge in [-0.25, -0.2) is 13.8 Å². The number of hydrogen-bond donors (Lipinski definition) is 1. The number of carbonyl (C=O) groups excluding carboxylic acids is 1. The van der Waals surface area contributed by atoms with Crippen molar-refractivity contribution < 1.29 is 18.7 Å². The van der Waals surface area contributed by atoms with Gasteiger partial charge in [-0.05, 0) is 43.0 Å². The Morgan fingerprint density at radius 1 is 1.22 bits per heavy atom. The summed E-state index contributed by atoms with van der Waals surface area (Å²) in [4.78, 5) is 16.6. The lowest BCUT2D eigenvalue weighted by Gasteiger charge is -2.05. The first-order chi connectivity index (χ1) is 11.1. The smallest absolute Gasteiger partial charge is 0.210 e. The normalized spacial score (nSPS) is 14.3. The third-order valence-corrected chi connectivity index (χ3v) is 4.05. The molecule has 2 aromatic heterocycles. The number of phenolic OH excluding ortho intramolecular Hbond substituents is 1. The van der Waals surface area contributed by atoms with E-state index in [0.717, 1.165) is 25.2 Å². The molecule has 4 rings (SSSR count). The maximum absolute atomic E-state index is 14.7. The zero-order chi connectivity index (χ0) is 16.1. The first kappa shape index (κ1) is 13.9. The summed E-state index contributed by atoms with van der Waals surface area (Å²) in [7, 11) is 0. The lowest BCUT2D eigenvalue weighted by atomic mass is 10.0. The molecule has 0 amide bonds. The van der Waals surface area contributed by atoms with E-state index >= 15 is 0 Å². The quantitative estimate of drug-likeness (QED) is 0.754. The average Bonchev–Trinajstić information content (AvgIpc) is 3.32. The van der Waals surface area contributed by atoms with Gasteiger partial charge >= 0.3 is 0 Å². The number of phenols is 1. The van der Waals surface area contributed by atoms with Crippen LogP contribution >= 0.6 is 0 Å². The van der Waals surface area contributed by atoms with Crippen LogP contribution in [0.1, 0.15) is 40.4 Å². The molecule has 1 N–H and O–H groups in total. The van der Waals surface area contributed by atoms with Gasteiger partial charge in [0.1, 0.15) is 11.4 Å². The molecule has 0 bridgehead atoms. The summed E-state index contributed by atoms with van der Waals surface area (Å²) in [5, 5.41) is 9.34. The molecule has 0 aliphatic heterocycles. The van der Waals surface area contributed by atoms with Gasteiger partial charge in [-0.1, -0.05) is 0 Å². The van der Waals surface area contributed by atoms with Gasteiger partial charge in [0.15, 0.2) is 17.3 Å². The molecule has 1 aromatic carbocycles. The number of ketones is 1. The average molecular weight is 314 g/mol. The van der Waals surface area contributed by atoms with Crippen molar-refractivity contribution in [1.82, 2.24) is 9.38 Å². The largest absolute Gasteiger partial charge is 0.508 e. The van der Waals surface area contributed by atoms with E-state index in [4.69, 9.17) is 0 Å². The molecular formula is C17H12F2N2O2. The molecule has 1 aliphatic carbocycles. The summed E-state index contributed by atoms with van der Waals surface area (Å²) in [6, 6.07) is 5.68. The van der Waals surface area contributed by atoms with Crippen LogP contribution in [0.25, 0.3) is 5.65 Å². The van der Waals surface area contributed by atoms with E-state index in [1.807, 2.05) is 0 Å². The zero-order valence-electron chi connectivity index (χ0n) is 12.0. The van der Waals surface area contributed by atoms with Gasteiger partial charge in [0.05, 0.1) is 6.20 Å². The van der Waals surface area contributed by atoms with E-state index in [0.29, 0.717) is 11.1 Å². The minimum absolute atomic E-state index is 0.0304. The summed E-state index contributed by atoms with van der Waals surface area (Å²) in [6.07, 6.45) is 3.60. The van der Waals surface area contributed by atoms with Gasteiger partial charge in [0.25, 0.3) is 0 Å². The molecule has 0 saturated heterocycles. The fourth-order valence-corrected chi connectivity index (χ4v) is 2.82. The van der Waals surface area contributed by atoms with Crippen molar-refractivity contribution in [2.75, 3.05) is 0 Å². The Balaban J connectivity index is 1.97. The first-order valence-electron chi connectivity index (χ1n) is 7.25. The number of fused-ring (bicyclic) bond motifs is 1. The molecular weight excluding hydrogens is 302 g/mol. The maximum atomic E-state index is 14.7. The Morgan fingerprint density at radius 2 is 1.91 bits per heavy atom. The van der Waals surface area contributed by atoms with E-state index in [1.54, 1.807) is 0 Å². The van der Waals surface area contributed by atoms with Gasteiger partial charge in [-0.15, -0.1) is 0 Å². The van der Waals surface area contributed by atoms with Crippen molar-refractivity contribution in [3.05, 3.63) is 65.1 Å². The fraction of sp³-hybridized carbons (Fsp3) is 0.176. The SMILES string of the molecule is O=C(c1ccc(O)cc1)c1c(C2CC2)c(F)c2ncc(F)cn12. The van der Waals surface area contributed by atoms with Crippen molar-refractivity contribution in [2.45, 2.75) is 18.8 Å². The van der Waals surface area contributed by atoms with Crippen LogP contribution in [0.3, 0.4) is 0 Å². The topological polar surface area (TPSA) is 54.6 Å². The second-order valence-corrected chi connectivity index (χ2v) is 5.69. The number of halogens is 2. The van der Waals surface area contributed by atoms with Gasteiger partial charge in [0.2, 0.25) is 5.78 Å². The molecule has 1 fully saturated rings. The van der Waals surface area contributed by atoms with Crippen molar-refractivity contribution in [3.63, 3.8) is 0 Å². The Morgan fingerprint density at radius 3 is 2.57 bits per heavy atom. The monoisotopic (exact) mass is 314 g/mol. The standard InChI is InChI=1S/C17H12F2N2O2/c18-11-7-20-17-14(19)13(9-1-2-9)15(21(17)8-11)16(23)10-3-5-12(22)6-4-10/h3-9,22H,1-2H2. The Hall–Kier alpha value is -2.76. The molecule has 2 heterocycles. The van der Waals surface area contributed by atoms with Crippen molar-refractivity contribution in [3.8, 4) is 5.75 Å². The zero-order valence-corrected chi connectivity index (χ0v) is 12.0. The van der Waals surface area contributed by atoms with Crippen LogP contribution in [0.15, 0.2) is 36.7 Å². The summed E-state index contributed by atoms with van der Waals surface area (Å²) < 4.78 is 29.4. The molecule has 1 aliphatic rings. The summed E-state index contributed by atoms with van der Waals surface area (Å²) >= 11 is 0. The van der Waals surface area contributed by atoms with Crippen LogP contribution in [0, 0.1) is 11.6 Å². The minimum atomic E-state index is -0.644. The van der Waals surface area contributed by atoms with Gasteiger partial charge in [-0.3, -0.25) is 9.20 Å². The van der Waals surface area contributed by atoms with Crippen LogP contribution in [-0.4, -0.2) is 20.3 Å². The highest BCUT2D eigenvalue weighted by Gasteiger charge is 2.36. The summed E-state index contributed by atoms with van der Waals surface area (Å²) in [6.45, 7) is 0. The maximum Gasteiger partial charge on any atom is 0.210 e. The second-order valence-electron chi connectivity index (χ2n) is 5.69. The van der Waals surface area contributed by atoms with Gasteiger partial charge in [-0.2, -0.15) is 0 Å². The molecule has 0 atom stereocenters. The lowest BCUT2D eigenvalue weighted by molar-refractivity contribution is 0.103. The predicted molar refractivity (Wildman–Crippen MR) is 78.6 cm³/mol. The Kier molecular flexibility index (Phi) is 2.94. The van der Waals surface area contributed by atoms with Gasteiger partial charge in [0, 0.05) is 17.3 Å². The number of nitrogens with zero attached hydrogens (tertiary/aromatic N) is 2. The van der Waals surface area contributed by atoms with Crippen LogP contribution < -0.4 is 0 Å². The molecule has 116 valence electrons. The van der Waals surface area contributed by atoms with E-state index in [9.17, 15) is 18.7 Å². The summed E-state index contributed by atoms with van der Waals surface area (Å²) in [5.74, 6) is -1.62. The predicted octanol–water partition coefficient (Wildman–Crippen LogP) is 3.43. The summed E-state index contributed by atoms with van der Waals surface area (Å²) in [5.41, 5.74) is 0.669. The number of aromatic hydroxyl groups is 1. The molecule has 6 heteroatoms. The highest BCUT2D eigenvalue weighted by molar-refractivity contribution is 6.09. The Bertz CT molecular complexity index is 928. The van der Waals surface area contributed by atoms with Crippen molar-refractivity contribution >= 4 is 11.4 Å². The number of carbonyl (C=O) groups is 1. The highest BCUT2D eigenvalue weighted by atomic mass is 19.1. The highest BCUT2D eigenvalue weighted by Crippen LogP contribution is 2.45. The van der Waals surface area contributed by atoms with Crippen molar-refractivity contribution in [2.24, 2.45) is 0 Å². The van der Waals surface area contributed by atoms with Crippen LogP contribution in [-0.2, 0) is 0 Å². The van der Waals surface area contributed by atoms with E-state index in [-0.39, 0.29) is 23.0 Å². The number of benzene rings is 1. The molecule has 23 heavy (non-hydrogen) atoms. The van der Waals surface area contributed by atoms with Crippen LogP contribution in [0.4, 0.5) is 8.78 Å². The molecule has 0 unspecified atom stereocenters. The first-order valence-corrected chi connectivity index (χ1v) is 7.25. The van der Waals surface area contributed by atoms with E-state index in [2.05, 4.69) is 4.98 Å². The molecule has 1 saturated carbocycles. The minimum Gasteiger partial charge on any atom is -0.508 e. The van der Waals surface area contributed by atoms with Crippen molar-refractivity contribution in [1.29, 1.82) is 0 Å². The number of aromatic nitrogens is 2. The van der Waals surface area contributed by atoms with Gasteiger partial charge < -0.3 is 5.11 Å².